The Balaban J connectivity index is 1.68. The first-order chi connectivity index (χ1) is 13.5. The Bertz CT molecular complexity index is 869. The first kappa shape index (κ1) is 19.8. The van der Waals surface area contributed by atoms with Crippen LogP contribution in [-0.2, 0) is 9.53 Å². The lowest BCUT2D eigenvalue weighted by Gasteiger charge is -2.26. The van der Waals surface area contributed by atoms with E-state index < -0.39 is 4.92 Å². The van der Waals surface area contributed by atoms with Gasteiger partial charge in [-0.2, -0.15) is 0 Å². The molecule has 0 aliphatic carbocycles. The Labute approximate surface area is 166 Å². The number of nitrogens with zero attached hydrogens (tertiary/aromatic N) is 2. The maximum absolute atomic E-state index is 12.5. The molecule has 0 spiro atoms. The summed E-state index contributed by atoms with van der Waals surface area (Å²) in [5.41, 5.74) is 0.734. The molecule has 0 saturated carbocycles. The standard InChI is InChI=1S/C19H19N3O5S/c23-18(20-15-4-2-1-3-5-15)13-28-17-7-6-14(12-16(17)22(25)26)19(24)21-8-10-27-11-9-21/h1-7,12H,8-11,13H2,(H,20,23). The first-order valence-corrected chi connectivity index (χ1v) is 9.66. The monoisotopic (exact) mass is 401 g/mol. The molecule has 1 heterocycles. The summed E-state index contributed by atoms with van der Waals surface area (Å²) >= 11 is 1.06. The fourth-order valence-corrected chi connectivity index (χ4v) is 3.53. The molecule has 2 aromatic carbocycles. The third kappa shape index (κ3) is 5.08. The van der Waals surface area contributed by atoms with Gasteiger partial charge in [0.1, 0.15) is 0 Å². The predicted molar refractivity (Wildman–Crippen MR) is 106 cm³/mol. The van der Waals surface area contributed by atoms with E-state index in [1.807, 2.05) is 6.07 Å². The smallest absolute Gasteiger partial charge is 0.283 e. The van der Waals surface area contributed by atoms with Gasteiger partial charge < -0.3 is 15.0 Å². The number of hydrogen-bond donors (Lipinski definition) is 1. The highest BCUT2D eigenvalue weighted by Crippen LogP contribution is 2.30. The fourth-order valence-electron chi connectivity index (χ4n) is 2.73. The number of nitro benzene ring substituents is 1. The van der Waals surface area contributed by atoms with Crippen molar-refractivity contribution in [1.29, 1.82) is 0 Å². The summed E-state index contributed by atoms with van der Waals surface area (Å²) in [6.07, 6.45) is 0. The Kier molecular flexibility index (Phi) is 6.62. The normalized spacial score (nSPS) is 13.8. The average Bonchev–Trinajstić information content (AvgIpc) is 2.73. The minimum Gasteiger partial charge on any atom is -0.378 e. The number of benzene rings is 2. The second-order valence-corrected chi connectivity index (χ2v) is 7.06. The highest BCUT2D eigenvalue weighted by atomic mass is 32.2. The molecule has 28 heavy (non-hydrogen) atoms. The maximum atomic E-state index is 12.5. The van der Waals surface area contributed by atoms with E-state index in [0.29, 0.717) is 36.9 Å². The zero-order valence-corrected chi connectivity index (χ0v) is 15.8. The van der Waals surface area contributed by atoms with Crippen molar-refractivity contribution >= 4 is 35.0 Å². The largest absolute Gasteiger partial charge is 0.378 e. The third-order valence-electron chi connectivity index (χ3n) is 4.12. The minimum atomic E-state index is -0.534. The molecule has 0 unspecified atom stereocenters. The second-order valence-electron chi connectivity index (χ2n) is 6.05. The highest BCUT2D eigenvalue weighted by molar-refractivity contribution is 8.00. The summed E-state index contributed by atoms with van der Waals surface area (Å²) in [5.74, 6) is -0.504. The molecule has 1 N–H and O–H groups in total. The number of anilines is 1. The lowest BCUT2D eigenvalue weighted by atomic mass is 10.1. The van der Waals surface area contributed by atoms with Crippen LogP contribution in [0.5, 0.6) is 0 Å². The average molecular weight is 401 g/mol. The zero-order valence-electron chi connectivity index (χ0n) is 15.0. The van der Waals surface area contributed by atoms with E-state index in [2.05, 4.69) is 5.32 Å². The van der Waals surface area contributed by atoms with Crippen LogP contribution in [0, 0.1) is 10.1 Å². The van der Waals surface area contributed by atoms with Crippen LogP contribution in [0.2, 0.25) is 0 Å². The van der Waals surface area contributed by atoms with Crippen LogP contribution in [0.25, 0.3) is 0 Å². The Hall–Kier alpha value is -2.91. The molecule has 0 radical (unpaired) electrons. The van der Waals surface area contributed by atoms with E-state index in [1.54, 1.807) is 35.2 Å². The number of carbonyl (C=O) groups excluding carboxylic acids is 2. The number of morpholine rings is 1. The van der Waals surface area contributed by atoms with Crippen LogP contribution in [0.4, 0.5) is 11.4 Å². The predicted octanol–water partition coefficient (Wildman–Crippen LogP) is 2.80. The van der Waals surface area contributed by atoms with Crippen LogP contribution < -0.4 is 5.32 Å². The number of thioether (sulfide) groups is 1. The number of rotatable bonds is 6. The Morgan fingerprint density at radius 3 is 2.54 bits per heavy atom. The van der Waals surface area contributed by atoms with Gasteiger partial charge in [0.15, 0.2) is 0 Å². The molecular formula is C19H19N3O5S. The van der Waals surface area contributed by atoms with Gasteiger partial charge in [0, 0.05) is 30.4 Å². The van der Waals surface area contributed by atoms with Gasteiger partial charge in [0.05, 0.1) is 28.8 Å². The first-order valence-electron chi connectivity index (χ1n) is 8.68. The Morgan fingerprint density at radius 2 is 1.86 bits per heavy atom. The summed E-state index contributed by atoms with van der Waals surface area (Å²) in [4.78, 5) is 37.5. The maximum Gasteiger partial charge on any atom is 0.283 e. The molecule has 0 atom stereocenters. The fraction of sp³-hybridized carbons (Fsp3) is 0.263. The van der Waals surface area contributed by atoms with Crippen molar-refractivity contribution in [3.05, 3.63) is 64.2 Å². The second kappa shape index (κ2) is 9.34. The van der Waals surface area contributed by atoms with Crippen LogP contribution in [0.1, 0.15) is 10.4 Å². The summed E-state index contributed by atoms with van der Waals surface area (Å²) in [6.45, 7) is 1.84. The van der Waals surface area contributed by atoms with Crippen molar-refractivity contribution in [2.75, 3.05) is 37.4 Å². The van der Waals surface area contributed by atoms with Crippen molar-refractivity contribution in [2.24, 2.45) is 0 Å². The zero-order chi connectivity index (χ0) is 19.9. The van der Waals surface area contributed by atoms with E-state index in [1.165, 1.54) is 12.1 Å². The van der Waals surface area contributed by atoms with Gasteiger partial charge in [0.2, 0.25) is 5.91 Å². The molecule has 0 aromatic heterocycles. The van der Waals surface area contributed by atoms with E-state index in [-0.39, 0.29) is 28.8 Å². The van der Waals surface area contributed by atoms with Crippen molar-refractivity contribution in [2.45, 2.75) is 4.90 Å². The molecule has 9 heteroatoms. The topological polar surface area (TPSA) is 102 Å². The van der Waals surface area contributed by atoms with Crippen LogP contribution in [0.15, 0.2) is 53.4 Å². The lowest BCUT2D eigenvalue weighted by molar-refractivity contribution is -0.387. The van der Waals surface area contributed by atoms with E-state index in [0.717, 1.165) is 11.8 Å². The Morgan fingerprint density at radius 1 is 1.14 bits per heavy atom. The number of nitrogens with one attached hydrogen (secondary N) is 1. The number of hydrogen-bond acceptors (Lipinski definition) is 6. The van der Waals surface area contributed by atoms with E-state index in [4.69, 9.17) is 4.74 Å². The van der Waals surface area contributed by atoms with Gasteiger partial charge in [-0.3, -0.25) is 19.7 Å². The van der Waals surface area contributed by atoms with Crippen molar-refractivity contribution in [3.8, 4) is 0 Å². The number of nitro groups is 1. The van der Waals surface area contributed by atoms with E-state index in [9.17, 15) is 19.7 Å². The number of carbonyl (C=O) groups is 2. The van der Waals surface area contributed by atoms with Crippen molar-refractivity contribution in [3.63, 3.8) is 0 Å². The van der Waals surface area contributed by atoms with Gasteiger partial charge in [-0.1, -0.05) is 18.2 Å². The summed E-state index contributed by atoms with van der Waals surface area (Å²) in [5, 5.41) is 14.2. The van der Waals surface area contributed by atoms with Gasteiger partial charge in [-0.05, 0) is 24.3 Å². The summed E-state index contributed by atoms with van der Waals surface area (Å²) < 4.78 is 5.22. The molecule has 146 valence electrons. The van der Waals surface area contributed by atoms with Crippen LogP contribution in [-0.4, -0.2) is 53.7 Å². The van der Waals surface area contributed by atoms with Crippen molar-refractivity contribution in [1.82, 2.24) is 4.90 Å². The molecule has 2 amide bonds. The molecule has 2 aromatic rings. The third-order valence-corrected chi connectivity index (χ3v) is 5.18. The molecule has 3 rings (SSSR count). The summed E-state index contributed by atoms with van der Waals surface area (Å²) in [7, 11) is 0. The van der Waals surface area contributed by atoms with Crippen LogP contribution in [0.3, 0.4) is 0 Å². The SMILES string of the molecule is O=C(CSc1ccc(C(=O)N2CCOCC2)cc1[N+](=O)[O-])Nc1ccccc1. The quantitative estimate of drug-likeness (QED) is 0.454. The van der Waals surface area contributed by atoms with Crippen molar-refractivity contribution < 1.29 is 19.2 Å². The van der Waals surface area contributed by atoms with Gasteiger partial charge in [0.25, 0.3) is 11.6 Å². The number of amides is 2. The molecule has 1 aliphatic rings. The molecular weight excluding hydrogens is 382 g/mol. The van der Waals surface area contributed by atoms with E-state index >= 15 is 0 Å². The number of ether oxygens (including phenoxy) is 1. The molecule has 1 aliphatic heterocycles. The minimum absolute atomic E-state index is 0.0203. The number of para-hydroxylation sites is 1. The van der Waals surface area contributed by atoms with Gasteiger partial charge in [-0.25, -0.2) is 0 Å². The van der Waals surface area contributed by atoms with Crippen LogP contribution >= 0.6 is 11.8 Å². The summed E-state index contributed by atoms with van der Waals surface area (Å²) in [6, 6.07) is 13.3. The molecule has 8 nitrogen and oxygen atoms in total. The van der Waals surface area contributed by atoms with Gasteiger partial charge >= 0.3 is 0 Å². The lowest BCUT2D eigenvalue weighted by Crippen LogP contribution is -2.40. The van der Waals surface area contributed by atoms with Gasteiger partial charge in [-0.15, -0.1) is 11.8 Å². The molecule has 1 fully saturated rings. The molecule has 0 bridgehead atoms. The highest BCUT2D eigenvalue weighted by Gasteiger charge is 2.23. The molecule has 1 saturated heterocycles.